The van der Waals surface area contributed by atoms with Crippen LogP contribution in [0.3, 0.4) is 0 Å². The Bertz CT molecular complexity index is 953. The number of H-pyrrole nitrogens is 1. The highest BCUT2D eigenvalue weighted by Crippen LogP contribution is 2.33. The van der Waals surface area contributed by atoms with Crippen molar-refractivity contribution in [2.45, 2.75) is 44.2 Å². The van der Waals surface area contributed by atoms with E-state index in [4.69, 9.17) is 0 Å². The number of aromatic amines is 1. The molecule has 0 amide bonds. The van der Waals surface area contributed by atoms with Gasteiger partial charge in [-0.2, -0.15) is 0 Å². The Balaban J connectivity index is 1.08. The summed E-state index contributed by atoms with van der Waals surface area (Å²) < 4.78 is 0. The van der Waals surface area contributed by atoms with Crippen molar-refractivity contribution < 1.29 is 5.11 Å². The van der Waals surface area contributed by atoms with Crippen LogP contribution >= 0.6 is 0 Å². The zero-order valence-electron chi connectivity index (χ0n) is 18.4. The zero-order valence-corrected chi connectivity index (χ0v) is 18.4. The number of fused-ring (bicyclic) bond motifs is 1. The Morgan fingerprint density at radius 2 is 1.52 bits per heavy atom. The molecule has 2 saturated heterocycles. The van der Waals surface area contributed by atoms with Crippen LogP contribution in [0.15, 0.2) is 60.8 Å². The van der Waals surface area contributed by atoms with E-state index < -0.39 is 0 Å². The molecule has 0 radical (unpaired) electrons. The molecule has 3 heterocycles. The maximum atomic E-state index is 10.9. The van der Waals surface area contributed by atoms with Gasteiger partial charge in [0, 0.05) is 30.2 Å². The first kappa shape index (κ1) is 20.7. The fourth-order valence-electron chi connectivity index (χ4n) is 5.61. The number of likely N-dealkylation sites (tertiary alicyclic amines) is 2. The Labute approximate surface area is 185 Å². The zero-order chi connectivity index (χ0) is 21.0. The molecule has 4 nitrogen and oxygen atoms in total. The highest BCUT2D eigenvalue weighted by atomic mass is 16.3. The first-order valence-corrected chi connectivity index (χ1v) is 12.0. The maximum Gasteiger partial charge on any atom is 0.0696 e. The van der Waals surface area contributed by atoms with Gasteiger partial charge in [-0.15, -0.1) is 0 Å². The van der Waals surface area contributed by atoms with Crippen LogP contribution < -0.4 is 0 Å². The van der Waals surface area contributed by atoms with E-state index in [1.54, 1.807) is 0 Å². The summed E-state index contributed by atoms with van der Waals surface area (Å²) in [5, 5.41) is 12.3. The number of hydrogen-bond donors (Lipinski definition) is 2. The molecule has 2 aliphatic rings. The van der Waals surface area contributed by atoms with Gasteiger partial charge in [0.1, 0.15) is 0 Å². The molecule has 2 aromatic carbocycles. The number of nitrogens with zero attached hydrogens (tertiary/aromatic N) is 2. The third-order valence-corrected chi connectivity index (χ3v) is 7.52. The predicted octanol–water partition coefficient (Wildman–Crippen LogP) is 4.62. The lowest BCUT2D eigenvalue weighted by atomic mass is 9.87. The largest absolute Gasteiger partial charge is 0.392 e. The van der Waals surface area contributed by atoms with Gasteiger partial charge in [-0.05, 0) is 80.9 Å². The van der Waals surface area contributed by atoms with E-state index in [0.717, 1.165) is 52.1 Å². The van der Waals surface area contributed by atoms with Crippen molar-refractivity contribution in [2.24, 2.45) is 5.92 Å². The summed E-state index contributed by atoms with van der Waals surface area (Å²) in [6.07, 6.45) is 6.61. The molecule has 2 aliphatic heterocycles. The fourth-order valence-corrected chi connectivity index (χ4v) is 5.61. The van der Waals surface area contributed by atoms with Crippen molar-refractivity contribution in [3.8, 4) is 0 Å². The molecule has 164 valence electrons. The standard InChI is InChI=1S/C27H35N3O/c31-27(23-12-16-29(17-13-23)19-21-6-2-1-3-7-21)20-30-14-10-22(11-15-30)25-18-28-26-9-5-4-8-24(25)26/h1-9,18,22-23,27-28,31H,10-17,19-20H2. The van der Waals surface area contributed by atoms with Crippen LogP contribution in [0, 0.1) is 5.92 Å². The predicted molar refractivity (Wildman–Crippen MR) is 127 cm³/mol. The second-order valence-corrected chi connectivity index (χ2v) is 9.53. The minimum Gasteiger partial charge on any atom is -0.392 e. The molecule has 2 fully saturated rings. The molecule has 1 unspecified atom stereocenters. The number of para-hydroxylation sites is 1. The Kier molecular flexibility index (Phi) is 6.40. The molecule has 4 heteroatoms. The van der Waals surface area contributed by atoms with E-state index >= 15 is 0 Å². The van der Waals surface area contributed by atoms with Crippen molar-refractivity contribution in [2.75, 3.05) is 32.7 Å². The summed E-state index contributed by atoms with van der Waals surface area (Å²) in [5.41, 5.74) is 4.11. The maximum absolute atomic E-state index is 10.9. The van der Waals surface area contributed by atoms with Crippen molar-refractivity contribution in [1.29, 1.82) is 0 Å². The quantitative estimate of drug-likeness (QED) is 0.615. The minimum absolute atomic E-state index is 0.191. The van der Waals surface area contributed by atoms with Gasteiger partial charge in [-0.3, -0.25) is 4.90 Å². The van der Waals surface area contributed by atoms with E-state index in [0.29, 0.717) is 11.8 Å². The van der Waals surface area contributed by atoms with Gasteiger partial charge in [-0.25, -0.2) is 0 Å². The molecular weight excluding hydrogens is 382 g/mol. The summed E-state index contributed by atoms with van der Waals surface area (Å²) in [6.45, 7) is 6.25. The lowest BCUT2D eigenvalue weighted by Crippen LogP contribution is -2.44. The number of hydrogen-bond acceptors (Lipinski definition) is 3. The van der Waals surface area contributed by atoms with E-state index in [1.807, 2.05) is 0 Å². The van der Waals surface area contributed by atoms with Crippen LogP contribution in [0.2, 0.25) is 0 Å². The van der Waals surface area contributed by atoms with Crippen LogP contribution in [0.5, 0.6) is 0 Å². The summed E-state index contributed by atoms with van der Waals surface area (Å²) in [4.78, 5) is 8.46. The van der Waals surface area contributed by atoms with Gasteiger partial charge >= 0.3 is 0 Å². The van der Waals surface area contributed by atoms with Crippen LogP contribution in [0.4, 0.5) is 0 Å². The molecule has 0 saturated carbocycles. The van der Waals surface area contributed by atoms with Crippen molar-refractivity contribution >= 4 is 10.9 Å². The lowest BCUT2D eigenvalue weighted by Gasteiger charge is -2.38. The third kappa shape index (κ3) is 4.87. The monoisotopic (exact) mass is 417 g/mol. The molecule has 0 aliphatic carbocycles. The number of aliphatic hydroxyl groups excluding tert-OH is 1. The topological polar surface area (TPSA) is 42.5 Å². The third-order valence-electron chi connectivity index (χ3n) is 7.52. The SMILES string of the molecule is OC(CN1CCC(c2c[nH]c3ccccc23)CC1)C1CCN(Cc2ccccc2)CC1. The minimum atomic E-state index is -0.191. The summed E-state index contributed by atoms with van der Waals surface area (Å²) in [7, 11) is 0. The first-order valence-electron chi connectivity index (χ1n) is 12.0. The number of aliphatic hydroxyl groups is 1. The Morgan fingerprint density at radius 3 is 2.29 bits per heavy atom. The summed E-state index contributed by atoms with van der Waals surface area (Å²) in [5.74, 6) is 1.07. The average molecular weight is 418 g/mol. The van der Waals surface area contributed by atoms with Crippen molar-refractivity contribution in [3.05, 3.63) is 71.9 Å². The van der Waals surface area contributed by atoms with Gasteiger partial charge in [-0.1, -0.05) is 48.5 Å². The number of rotatable bonds is 6. The lowest BCUT2D eigenvalue weighted by molar-refractivity contribution is 0.0245. The van der Waals surface area contributed by atoms with E-state index in [9.17, 15) is 5.11 Å². The van der Waals surface area contributed by atoms with Gasteiger partial charge in [0.15, 0.2) is 0 Å². The van der Waals surface area contributed by atoms with Gasteiger partial charge in [0.2, 0.25) is 0 Å². The molecule has 1 aromatic heterocycles. The molecule has 1 atom stereocenters. The molecule has 2 N–H and O–H groups in total. The second-order valence-electron chi connectivity index (χ2n) is 9.53. The normalized spacial score (nSPS) is 20.9. The van der Waals surface area contributed by atoms with Gasteiger partial charge in [0.05, 0.1) is 6.10 Å². The van der Waals surface area contributed by atoms with E-state index in [-0.39, 0.29) is 6.10 Å². The van der Waals surface area contributed by atoms with Gasteiger partial charge in [0.25, 0.3) is 0 Å². The van der Waals surface area contributed by atoms with Crippen LogP contribution in [0.25, 0.3) is 10.9 Å². The number of benzene rings is 2. The van der Waals surface area contributed by atoms with Crippen molar-refractivity contribution in [1.82, 2.24) is 14.8 Å². The summed E-state index contributed by atoms with van der Waals surface area (Å²) >= 11 is 0. The molecule has 0 spiro atoms. The number of aromatic nitrogens is 1. The van der Waals surface area contributed by atoms with Crippen LogP contribution in [0.1, 0.15) is 42.7 Å². The number of piperidine rings is 2. The molecule has 0 bridgehead atoms. The van der Waals surface area contributed by atoms with Crippen molar-refractivity contribution in [3.63, 3.8) is 0 Å². The Morgan fingerprint density at radius 1 is 0.839 bits per heavy atom. The second kappa shape index (κ2) is 9.56. The molecule has 31 heavy (non-hydrogen) atoms. The first-order chi connectivity index (χ1) is 15.3. The number of β-amino-alcohol motifs (C(OH)–C–C–N with tert-alkyl or cyclic N) is 1. The van der Waals surface area contributed by atoms with Crippen LogP contribution in [-0.2, 0) is 6.54 Å². The smallest absolute Gasteiger partial charge is 0.0696 e. The number of nitrogens with one attached hydrogen (secondary N) is 1. The molecule has 3 aromatic rings. The summed E-state index contributed by atoms with van der Waals surface area (Å²) in [6, 6.07) is 19.4. The average Bonchev–Trinajstić information content (AvgIpc) is 3.25. The molecule has 5 rings (SSSR count). The highest BCUT2D eigenvalue weighted by molar-refractivity contribution is 5.83. The highest BCUT2D eigenvalue weighted by Gasteiger charge is 2.29. The van der Waals surface area contributed by atoms with E-state index in [1.165, 1.54) is 34.9 Å². The van der Waals surface area contributed by atoms with E-state index in [2.05, 4.69) is 75.6 Å². The fraction of sp³-hybridized carbons (Fsp3) is 0.481. The van der Waals surface area contributed by atoms with Crippen LogP contribution in [-0.4, -0.2) is 58.7 Å². The van der Waals surface area contributed by atoms with Gasteiger partial charge < -0.3 is 15.0 Å². The Hall–Kier alpha value is -2.14. The molecular formula is C27H35N3O.